The van der Waals surface area contributed by atoms with Gasteiger partial charge in [0.25, 0.3) is 0 Å². The average molecular weight is 197 g/mol. The van der Waals surface area contributed by atoms with E-state index in [1.807, 2.05) is 0 Å². The molecule has 3 N–H and O–H groups in total. The van der Waals surface area contributed by atoms with Gasteiger partial charge in [-0.25, -0.2) is 0 Å². The Bertz CT molecular complexity index is 177. The van der Waals surface area contributed by atoms with Crippen molar-refractivity contribution in [1.29, 1.82) is 0 Å². The predicted molar refractivity (Wildman–Crippen MR) is 61.0 cm³/mol. The Labute approximate surface area is 87.1 Å². The number of amidine groups is 1. The highest BCUT2D eigenvalue weighted by molar-refractivity contribution is 5.77. The summed E-state index contributed by atoms with van der Waals surface area (Å²) in [5.74, 6) is 2.40. The van der Waals surface area contributed by atoms with Gasteiger partial charge in [0.2, 0.25) is 0 Å². The first-order valence-electron chi connectivity index (χ1n) is 5.75. The molecule has 0 aliphatic heterocycles. The third kappa shape index (κ3) is 3.99. The second-order valence-electron chi connectivity index (χ2n) is 4.41. The number of hydrazone groups is 1. The molecule has 0 saturated heterocycles. The Morgan fingerprint density at radius 3 is 2.36 bits per heavy atom. The quantitative estimate of drug-likeness (QED) is 0.412. The lowest BCUT2D eigenvalue weighted by molar-refractivity contribution is 0.264. The van der Waals surface area contributed by atoms with Gasteiger partial charge in [0.15, 0.2) is 0 Å². The highest BCUT2D eigenvalue weighted by atomic mass is 15.3. The van der Waals surface area contributed by atoms with Crippen LogP contribution < -0.4 is 11.2 Å². The summed E-state index contributed by atoms with van der Waals surface area (Å²) >= 11 is 0. The van der Waals surface area contributed by atoms with Crippen LogP contribution in [0.3, 0.4) is 0 Å². The van der Waals surface area contributed by atoms with Crippen LogP contribution in [0.2, 0.25) is 0 Å². The molecular formula is C11H23N3. The van der Waals surface area contributed by atoms with E-state index in [1.165, 1.54) is 32.1 Å². The molecular weight excluding hydrogens is 174 g/mol. The summed E-state index contributed by atoms with van der Waals surface area (Å²) in [6.45, 7) is 5.09. The number of nitrogens with zero attached hydrogens (tertiary/aromatic N) is 1. The zero-order chi connectivity index (χ0) is 10.4. The van der Waals surface area contributed by atoms with Gasteiger partial charge in [-0.1, -0.05) is 26.2 Å². The lowest BCUT2D eigenvalue weighted by atomic mass is 9.81. The summed E-state index contributed by atoms with van der Waals surface area (Å²) < 4.78 is 0. The number of nitrogens with one attached hydrogen (secondary N) is 1. The molecule has 0 aromatic heterocycles. The zero-order valence-corrected chi connectivity index (χ0v) is 9.42. The van der Waals surface area contributed by atoms with Crippen molar-refractivity contribution in [3.63, 3.8) is 0 Å². The summed E-state index contributed by atoms with van der Waals surface area (Å²) in [5.41, 5.74) is 8.49. The normalized spacial score (nSPS) is 28.9. The zero-order valence-electron chi connectivity index (χ0n) is 9.42. The molecule has 1 rings (SSSR count). The van der Waals surface area contributed by atoms with Gasteiger partial charge in [0.1, 0.15) is 5.84 Å². The van der Waals surface area contributed by atoms with Crippen molar-refractivity contribution in [1.82, 2.24) is 5.43 Å². The molecule has 0 aromatic carbocycles. The van der Waals surface area contributed by atoms with E-state index in [-0.39, 0.29) is 0 Å². The van der Waals surface area contributed by atoms with E-state index in [0.29, 0.717) is 5.84 Å². The first-order chi connectivity index (χ1) is 6.72. The predicted octanol–water partition coefficient (Wildman–Crippen LogP) is 2.08. The van der Waals surface area contributed by atoms with Crippen LogP contribution in [0, 0.1) is 11.8 Å². The summed E-state index contributed by atoms with van der Waals surface area (Å²) in [5, 5.41) is 4.00. The Hall–Kier alpha value is -0.730. The van der Waals surface area contributed by atoms with Crippen molar-refractivity contribution in [3.8, 4) is 0 Å². The molecule has 1 aliphatic carbocycles. The molecule has 14 heavy (non-hydrogen) atoms. The maximum atomic E-state index is 5.44. The minimum atomic E-state index is 0.618. The second-order valence-corrected chi connectivity index (χ2v) is 4.41. The highest BCUT2D eigenvalue weighted by Gasteiger charge is 2.19. The van der Waals surface area contributed by atoms with Crippen molar-refractivity contribution < 1.29 is 0 Å². The summed E-state index contributed by atoms with van der Waals surface area (Å²) in [4.78, 5) is 0. The van der Waals surface area contributed by atoms with Crippen LogP contribution in [-0.2, 0) is 0 Å². The molecule has 0 radical (unpaired) electrons. The van der Waals surface area contributed by atoms with E-state index in [9.17, 15) is 0 Å². The highest BCUT2D eigenvalue weighted by Crippen LogP contribution is 2.29. The first-order valence-corrected chi connectivity index (χ1v) is 5.75. The van der Waals surface area contributed by atoms with Crippen LogP contribution >= 0.6 is 0 Å². The Morgan fingerprint density at radius 1 is 1.29 bits per heavy atom. The van der Waals surface area contributed by atoms with Crippen LogP contribution in [0.4, 0.5) is 0 Å². The molecule has 1 aliphatic rings. The first kappa shape index (κ1) is 11.3. The third-order valence-corrected chi connectivity index (χ3v) is 3.18. The molecule has 1 saturated carbocycles. The maximum absolute atomic E-state index is 5.44. The van der Waals surface area contributed by atoms with E-state index < -0.39 is 0 Å². The summed E-state index contributed by atoms with van der Waals surface area (Å²) in [6.07, 6.45) is 6.85. The van der Waals surface area contributed by atoms with Gasteiger partial charge in [-0.05, 0) is 31.6 Å². The van der Waals surface area contributed by atoms with E-state index in [4.69, 9.17) is 5.73 Å². The fourth-order valence-electron chi connectivity index (χ4n) is 2.14. The van der Waals surface area contributed by atoms with Gasteiger partial charge >= 0.3 is 0 Å². The number of nitrogens with two attached hydrogens (primary N) is 1. The van der Waals surface area contributed by atoms with Crippen LogP contribution in [0.15, 0.2) is 5.10 Å². The smallest absolute Gasteiger partial charge is 0.116 e. The van der Waals surface area contributed by atoms with Gasteiger partial charge in [0.05, 0.1) is 0 Å². The molecule has 0 atom stereocenters. The van der Waals surface area contributed by atoms with Gasteiger partial charge in [-0.15, -0.1) is 0 Å². The molecule has 0 amide bonds. The molecule has 3 heteroatoms. The van der Waals surface area contributed by atoms with E-state index in [1.54, 1.807) is 6.92 Å². The number of rotatable bonds is 4. The lowest BCUT2D eigenvalue weighted by Crippen LogP contribution is -2.25. The second kappa shape index (κ2) is 5.89. The number of hydrogen-bond donors (Lipinski definition) is 2. The van der Waals surface area contributed by atoms with Crippen LogP contribution in [-0.4, -0.2) is 12.4 Å². The molecule has 3 nitrogen and oxygen atoms in total. The van der Waals surface area contributed by atoms with Crippen molar-refractivity contribution in [2.45, 2.75) is 46.0 Å². The summed E-state index contributed by atoms with van der Waals surface area (Å²) in [6, 6.07) is 0. The molecule has 0 heterocycles. The standard InChI is InChI=1S/C11H23N3/c1-3-10-4-6-11(7-5-10)8-13-14-9(2)12/h10-11,13H,3-8H2,1-2H3,(H2,12,14). The molecule has 0 aromatic rings. The van der Waals surface area contributed by atoms with Crippen LogP contribution in [0.1, 0.15) is 46.0 Å². The minimum absolute atomic E-state index is 0.618. The third-order valence-electron chi connectivity index (χ3n) is 3.18. The van der Waals surface area contributed by atoms with Crippen LogP contribution in [0.5, 0.6) is 0 Å². The van der Waals surface area contributed by atoms with Gasteiger partial charge < -0.3 is 11.2 Å². The Morgan fingerprint density at radius 2 is 1.86 bits per heavy atom. The van der Waals surface area contributed by atoms with Gasteiger partial charge in [-0.2, -0.15) is 5.10 Å². The summed E-state index contributed by atoms with van der Waals surface area (Å²) in [7, 11) is 0. The Balaban J connectivity index is 2.13. The number of hydrogen-bond acceptors (Lipinski definition) is 2. The van der Waals surface area contributed by atoms with Crippen molar-refractivity contribution in [2.24, 2.45) is 22.7 Å². The molecule has 0 bridgehead atoms. The molecule has 0 spiro atoms. The topological polar surface area (TPSA) is 50.4 Å². The largest absolute Gasteiger partial charge is 0.386 e. The molecule has 82 valence electrons. The van der Waals surface area contributed by atoms with E-state index >= 15 is 0 Å². The fraction of sp³-hybridized carbons (Fsp3) is 0.909. The Kier molecular flexibility index (Phi) is 4.77. The monoisotopic (exact) mass is 197 g/mol. The SMILES string of the molecule is CCC1CCC(CN/N=C(/C)N)CC1. The van der Waals surface area contributed by atoms with Crippen LogP contribution in [0.25, 0.3) is 0 Å². The van der Waals surface area contributed by atoms with Gasteiger partial charge in [0, 0.05) is 6.54 Å². The maximum Gasteiger partial charge on any atom is 0.116 e. The lowest BCUT2D eigenvalue weighted by Gasteiger charge is -2.27. The minimum Gasteiger partial charge on any atom is -0.386 e. The van der Waals surface area contributed by atoms with E-state index in [2.05, 4.69) is 17.5 Å². The van der Waals surface area contributed by atoms with Crippen molar-refractivity contribution in [3.05, 3.63) is 0 Å². The van der Waals surface area contributed by atoms with E-state index in [0.717, 1.165) is 18.4 Å². The molecule has 1 fully saturated rings. The molecule has 0 unspecified atom stereocenters. The van der Waals surface area contributed by atoms with Crippen molar-refractivity contribution in [2.75, 3.05) is 6.54 Å². The fourth-order valence-corrected chi connectivity index (χ4v) is 2.14. The average Bonchev–Trinajstić information content (AvgIpc) is 2.18. The van der Waals surface area contributed by atoms with Gasteiger partial charge in [-0.3, -0.25) is 0 Å². The van der Waals surface area contributed by atoms with Crippen molar-refractivity contribution >= 4 is 5.84 Å².